The van der Waals surface area contributed by atoms with E-state index < -0.39 is 5.92 Å². The number of hydrogen-bond donors (Lipinski definition) is 1. The van der Waals surface area contributed by atoms with Gasteiger partial charge >= 0.3 is 0 Å². The topological polar surface area (TPSA) is 15.3 Å². The number of nitrogens with zero attached hydrogens (tertiary/aromatic N) is 1. The molecule has 1 N–H and O–H groups in total. The summed E-state index contributed by atoms with van der Waals surface area (Å²) in [6, 6.07) is 0.0822. The minimum absolute atomic E-state index is 0.0284. The molecule has 1 atom stereocenters. The van der Waals surface area contributed by atoms with Crippen molar-refractivity contribution in [1.82, 2.24) is 10.2 Å². The first kappa shape index (κ1) is 7.43. The molecule has 2 saturated heterocycles. The molecule has 2 aliphatic heterocycles. The lowest BCUT2D eigenvalue weighted by Crippen LogP contribution is -2.47. The summed E-state index contributed by atoms with van der Waals surface area (Å²) in [6.45, 7) is 2.34. The Morgan fingerprint density at radius 3 is 3.00 bits per heavy atom. The average Bonchev–Trinajstić information content (AvgIpc) is 2.21. The lowest BCUT2D eigenvalue weighted by molar-refractivity contribution is 0.0125. The van der Waals surface area contributed by atoms with Crippen molar-refractivity contribution in [2.75, 3.05) is 26.2 Å². The second-order valence-corrected chi connectivity index (χ2v) is 3.39. The van der Waals surface area contributed by atoms with E-state index in [0.29, 0.717) is 0 Å². The van der Waals surface area contributed by atoms with Crippen molar-refractivity contribution < 1.29 is 8.78 Å². The van der Waals surface area contributed by atoms with Crippen LogP contribution in [0.25, 0.3) is 0 Å². The predicted molar refractivity (Wildman–Crippen MR) is 37.8 cm³/mol. The van der Waals surface area contributed by atoms with Gasteiger partial charge < -0.3 is 5.32 Å². The number of rotatable bonds is 0. The Bertz CT molecular complexity index is 145. The van der Waals surface area contributed by atoms with Crippen LogP contribution in [0.15, 0.2) is 0 Å². The highest BCUT2D eigenvalue weighted by atomic mass is 19.3. The molecular weight excluding hydrogens is 150 g/mol. The molecule has 0 unspecified atom stereocenters. The zero-order valence-electron chi connectivity index (χ0n) is 6.32. The summed E-state index contributed by atoms with van der Waals surface area (Å²) in [5.41, 5.74) is 0. The zero-order chi connectivity index (χ0) is 7.90. The molecule has 0 aromatic rings. The molecule has 2 fully saturated rings. The molecule has 0 radical (unpaired) electrons. The van der Waals surface area contributed by atoms with Crippen LogP contribution >= 0.6 is 0 Å². The zero-order valence-corrected chi connectivity index (χ0v) is 6.32. The third-order valence-corrected chi connectivity index (χ3v) is 2.44. The summed E-state index contributed by atoms with van der Waals surface area (Å²) in [4.78, 5) is 1.89. The van der Waals surface area contributed by atoms with Crippen LogP contribution in [0.4, 0.5) is 8.78 Å². The van der Waals surface area contributed by atoms with E-state index in [0.717, 1.165) is 19.6 Å². The molecular formula is C7H12F2N2. The first-order valence-corrected chi connectivity index (χ1v) is 4.00. The number of fused-ring (bicyclic) bond motifs is 1. The van der Waals surface area contributed by atoms with E-state index in [2.05, 4.69) is 5.32 Å². The van der Waals surface area contributed by atoms with Crippen molar-refractivity contribution in [3.05, 3.63) is 0 Å². The van der Waals surface area contributed by atoms with Gasteiger partial charge in [-0.15, -0.1) is 0 Å². The van der Waals surface area contributed by atoms with E-state index in [1.54, 1.807) is 0 Å². The van der Waals surface area contributed by atoms with Gasteiger partial charge in [-0.1, -0.05) is 0 Å². The quantitative estimate of drug-likeness (QED) is 0.551. The Hall–Kier alpha value is -0.220. The number of halogens is 2. The van der Waals surface area contributed by atoms with E-state index in [-0.39, 0.29) is 19.0 Å². The van der Waals surface area contributed by atoms with Gasteiger partial charge in [-0.2, -0.15) is 0 Å². The third-order valence-electron chi connectivity index (χ3n) is 2.44. The summed E-state index contributed by atoms with van der Waals surface area (Å²) in [5.74, 6) is -2.43. The highest BCUT2D eigenvalue weighted by molar-refractivity contribution is 4.93. The van der Waals surface area contributed by atoms with Gasteiger partial charge in [-0.3, -0.25) is 4.90 Å². The minimum atomic E-state index is -2.43. The second-order valence-electron chi connectivity index (χ2n) is 3.39. The number of alkyl halides is 2. The number of hydrogen-bond acceptors (Lipinski definition) is 2. The van der Waals surface area contributed by atoms with Crippen LogP contribution < -0.4 is 5.32 Å². The third kappa shape index (κ3) is 1.37. The van der Waals surface area contributed by atoms with Crippen LogP contribution in [0, 0.1) is 0 Å². The molecule has 64 valence electrons. The summed E-state index contributed by atoms with van der Waals surface area (Å²) in [5, 5.41) is 3.12. The molecule has 2 rings (SSSR count). The van der Waals surface area contributed by atoms with Gasteiger partial charge in [0.1, 0.15) is 0 Å². The Balaban J connectivity index is 2.03. The lowest BCUT2D eigenvalue weighted by atomic mass is 10.1. The normalized spacial score (nSPS) is 37.1. The molecule has 2 nitrogen and oxygen atoms in total. The van der Waals surface area contributed by atoms with Gasteiger partial charge in [0.2, 0.25) is 0 Å². The number of nitrogens with one attached hydrogen (secondary N) is 1. The molecule has 0 aromatic carbocycles. The highest BCUT2D eigenvalue weighted by Crippen LogP contribution is 2.32. The molecule has 4 heteroatoms. The van der Waals surface area contributed by atoms with Crippen molar-refractivity contribution in [3.8, 4) is 0 Å². The van der Waals surface area contributed by atoms with Crippen LogP contribution in [0.2, 0.25) is 0 Å². The fraction of sp³-hybridized carbons (Fsp3) is 1.00. The van der Waals surface area contributed by atoms with Gasteiger partial charge in [-0.05, 0) is 0 Å². The van der Waals surface area contributed by atoms with E-state index >= 15 is 0 Å². The van der Waals surface area contributed by atoms with Crippen LogP contribution in [0.5, 0.6) is 0 Å². The molecule has 0 saturated carbocycles. The van der Waals surface area contributed by atoms with Gasteiger partial charge in [0.05, 0.1) is 6.54 Å². The minimum Gasteiger partial charge on any atom is -0.314 e. The summed E-state index contributed by atoms with van der Waals surface area (Å²) in [6.07, 6.45) is 0.0417. The van der Waals surface area contributed by atoms with Crippen molar-refractivity contribution in [1.29, 1.82) is 0 Å². The number of piperazine rings is 1. The largest absolute Gasteiger partial charge is 0.314 e. The Morgan fingerprint density at radius 2 is 2.27 bits per heavy atom. The molecule has 2 heterocycles. The van der Waals surface area contributed by atoms with Gasteiger partial charge in [0.25, 0.3) is 5.92 Å². The average molecular weight is 162 g/mol. The first-order valence-electron chi connectivity index (χ1n) is 4.00. The van der Waals surface area contributed by atoms with Crippen molar-refractivity contribution in [3.63, 3.8) is 0 Å². The molecule has 2 aliphatic rings. The fourth-order valence-corrected chi connectivity index (χ4v) is 1.92. The monoisotopic (exact) mass is 162 g/mol. The lowest BCUT2D eigenvalue weighted by Gasteiger charge is -2.28. The summed E-state index contributed by atoms with van der Waals surface area (Å²) in [7, 11) is 0. The molecule has 0 aromatic heterocycles. The smallest absolute Gasteiger partial charge is 0.262 e. The van der Waals surface area contributed by atoms with Crippen molar-refractivity contribution in [2.24, 2.45) is 0 Å². The summed E-state index contributed by atoms with van der Waals surface area (Å²) >= 11 is 0. The Labute approximate surface area is 64.6 Å². The SMILES string of the molecule is FC1(F)C[C@@H]2CNCCN2C1. The van der Waals surface area contributed by atoms with Crippen LogP contribution in [0.1, 0.15) is 6.42 Å². The highest BCUT2D eigenvalue weighted by Gasteiger charge is 2.45. The maximum absolute atomic E-state index is 12.8. The van der Waals surface area contributed by atoms with E-state index in [9.17, 15) is 8.78 Å². The summed E-state index contributed by atoms with van der Waals surface area (Å²) < 4.78 is 25.6. The standard InChI is InChI=1S/C7H12F2N2/c8-7(9)3-6-4-10-1-2-11(6)5-7/h6,10H,1-5H2/t6-/m1/s1. The van der Waals surface area contributed by atoms with E-state index in [1.165, 1.54) is 0 Å². The van der Waals surface area contributed by atoms with E-state index in [4.69, 9.17) is 0 Å². The molecule has 0 spiro atoms. The van der Waals surface area contributed by atoms with Crippen molar-refractivity contribution in [2.45, 2.75) is 18.4 Å². The van der Waals surface area contributed by atoms with E-state index in [1.807, 2.05) is 4.90 Å². The van der Waals surface area contributed by atoms with Crippen LogP contribution in [0.3, 0.4) is 0 Å². The van der Waals surface area contributed by atoms with Crippen LogP contribution in [-0.2, 0) is 0 Å². The second kappa shape index (κ2) is 2.38. The Kier molecular flexibility index (Phi) is 1.61. The maximum Gasteiger partial charge on any atom is 0.262 e. The first-order chi connectivity index (χ1) is 5.17. The molecule has 0 aliphatic carbocycles. The van der Waals surface area contributed by atoms with Gasteiger partial charge in [-0.25, -0.2) is 8.78 Å². The van der Waals surface area contributed by atoms with Gasteiger partial charge in [0.15, 0.2) is 0 Å². The molecule has 11 heavy (non-hydrogen) atoms. The van der Waals surface area contributed by atoms with Gasteiger partial charge in [0, 0.05) is 32.1 Å². The Morgan fingerprint density at radius 1 is 1.45 bits per heavy atom. The molecule has 0 bridgehead atoms. The molecule has 0 amide bonds. The van der Waals surface area contributed by atoms with Crippen LogP contribution in [-0.4, -0.2) is 43.0 Å². The maximum atomic E-state index is 12.8. The fourth-order valence-electron chi connectivity index (χ4n) is 1.92. The van der Waals surface area contributed by atoms with Crippen molar-refractivity contribution >= 4 is 0 Å². The predicted octanol–water partition coefficient (Wildman–Crippen LogP) is 0.299.